The molecule has 0 aliphatic rings. The average molecular weight is 326 g/mol. The van der Waals surface area contributed by atoms with Gasteiger partial charge < -0.3 is 10.8 Å². The third-order valence-electron chi connectivity index (χ3n) is 2.26. The Morgan fingerprint density at radius 2 is 2.17 bits per heavy atom. The van der Waals surface area contributed by atoms with E-state index in [2.05, 4.69) is 26.6 Å². The molecule has 0 amide bonds. The molecule has 0 aliphatic carbocycles. The van der Waals surface area contributed by atoms with Crippen LogP contribution >= 0.6 is 0 Å². The molecule has 1 heterocycles. The number of aliphatic imine (C=N–C) groups is 2. The SMILES string of the molecule is C=C(F)/C(=C\C=C(/C)F)C(O)Cn1cncn1.CN=CN=CN. The quantitative estimate of drug-likeness (QED) is 0.470. The first kappa shape index (κ1) is 20.3. The molecule has 23 heavy (non-hydrogen) atoms. The van der Waals surface area contributed by atoms with E-state index in [1.807, 2.05) is 0 Å². The molecule has 1 aromatic heterocycles. The molecule has 1 rings (SSSR count). The maximum atomic E-state index is 13.1. The Kier molecular flexibility index (Phi) is 10.5. The molecule has 0 saturated heterocycles. The van der Waals surface area contributed by atoms with Crippen molar-refractivity contribution in [2.75, 3.05) is 7.05 Å². The zero-order valence-electron chi connectivity index (χ0n) is 13.0. The van der Waals surface area contributed by atoms with Crippen LogP contribution in [-0.4, -0.2) is 45.7 Å². The van der Waals surface area contributed by atoms with Crippen molar-refractivity contribution in [1.82, 2.24) is 14.8 Å². The molecule has 1 atom stereocenters. The predicted molar refractivity (Wildman–Crippen MR) is 86.3 cm³/mol. The lowest BCUT2D eigenvalue weighted by molar-refractivity contribution is 0.182. The number of hydrogen-bond acceptors (Lipinski definition) is 4. The fourth-order valence-electron chi connectivity index (χ4n) is 1.29. The van der Waals surface area contributed by atoms with Crippen LogP contribution in [0.25, 0.3) is 0 Å². The molecule has 0 aromatic carbocycles. The van der Waals surface area contributed by atoms with E-state index in [4.69, 9.17) is 5.73 Å². The van der Waals surface area contributed by atoms with Crippen LogP contribution in [0.4, 0.5) is 8.78 Å². The molecule has 7 nitrogen and oxygen atoms in total. The minimum Gasteiger partial charge on any atom is -0.390 e. The molecule has 126 valence electrons. The molecule has 1 aromatic rings. The summed E-state index contributed by atoms with van der Waals surface area (Å²) in [5.74, 6) is -1.30. The summed E-state index contributed by atoms with van der Waals surface area (Å²) in [6.07, 6.45) is 6.30. The zero-order chi connectivity index (χ0) is 17.7. The summed E-state index contributed by atoms with van der Waals surface area (Å²) in [5, 5.41) is 13.5. The normalized spacial score (nSPS) is 14.0. The van der Waals surface area contributed by atoms with E-state index in [-0.39, 0.29) is 12.1 Å². The van der Waals surface area contributed by atoms with Crippen molar-refractivity contribution in [3.8, 4) is 0 Å². The van der Waals surface area contributed by atoms with Gasteiger partial charge in [0, 0.05) is 12.6 Å². The molecular weight excluding hydrogens is 306 g/mol. The van der Waals surface area contributed by atoms with Gasteiger partial charge in [0.05, 0.1) is 18.7 Å². The van der Waals surface area contributed by atoms with Crippen molar-refractivity contribution in [3.63, 3.8) is 0 Å². The van der Waals surface area contributed by atoms with E-state index in [9.17, 15) is 13.9 Å². The van der Waals surface area contributed by atoms with E-state index in [0.717, 1.165) is 12.2 Å². The second-order valence-corrected chi connectivity index (χ2v) is 4.09. The fraction of sp³-hybridized carbons (Fsp3) is 0.286. The summed E-state index contributed by atoms with van der Waals surface area (Å²) in [4.78, 5) is 10.7. The van der Waals surface area contributed by atoms with Crippen molar-refractivity contribution in [3.05, 3.63) is 48.6 Å². The van der Waals surface area contributed by atoms with E-state index in [0.29, 0.717) is 0 Å². The number of aliphatic hydroxyl groups is 1. The van der Waals surface area contributed by atoms with Crippen LogP contribution in [0.2, 0.25) is 0 Å². The van der Waals surface area contributed by atoms with Crippen LogP contribution in [0.3, 0.4) is 0 Å². The molecule has 0 fully saturated rings. The minimum absolute atomic E-state index is 0.0218. The minimum atomic E-state index is -1.16. The molecule has 0 spiro atoms. The lowest BCUT2D eigenvalue weighted by Crippen LogP contribution is -2.19. The highest BCUT2D eigenvalue weighted by Gasteiger charge is 2.14. The molecular formula is C14H20F2N6O. The highest BCUT2D eigenvalue weighted by molar-refractivity contribution is 5.69. The summed E-state index contributed by atoms with van der Waals surface area (Å²) in [7, 11) is 1.63. The zero-order valence-corrected chi connectivity index (χ0v) is 13.0. The van der Waals surface area contributed by atoms with E-state index in [1.54, 1.807) is 7.05 Å². The van der Waals surface area contributed by atoms with Gasteiger partial charge in [0.1, 0.15) is 30.9 Å². The summed E-state index contributed by atoms with van der Waals surface area (Å²) >= 11 is 0. The van der Waals surface area contributed by atoms with Gasteiger partial charge in [-0.25, -0.2) is 18.8 Å². The van der Waals surface area contributed by atoms with Crippen LogP contribution in [0.5, 0.6) is 0 Å². The van der Waals surface area contributed by atoms with Gasteiger partial charge >= 0.3 is 0 Å². The first-order valence-electron chi connectivity index (χ1n) is 6.45. The maximum Gasteiger partial charge on any atom is 0.137 e. The summed E-state index contributed by atoms with van der Waals surface area (Å²) in [5.41, 5.74) is 4.75. The lowest BCUT2D eigenvalue weighted by Gasteiger charge is -2.12. The number of nitrogens with two attached hydrogens (primary N) is 1. The number of hydrogen-bond donors (Lipinski definition) is 2. The van der Waals surface area contributed by atoms with E-state index < -0.39 is 17.8 Å². The van der Waals surface area contributed by atoms with Gasteiger partial charge in [-0.15, -0.1) is 0 Å². The smallest absolute Gasteiger partial charge is 0.137 e. The van der Waals surface area contributed by atoms with Crippen LogP contribution in [0, 0.1) is 0 Å². The van der Waals surface area contributed by atoms with Crippen LogP contribution in [-0.2, 0) is 6.54 Å². The van der Waals surface area contributed by atoms with Crippen molar-refractivity contribution in [2.24, 2.45) is 15.7 Å². The topological polar surface area (TPSA) is 102 Å². The Balaban J connectivity index is 0.000000688. The number of nitrogens with zero attached hydrogens (tertiary/aromatic N) is 5. The van der Waals surface area contributed by atoms with Gasteiger partial charge in [-0.1, -0.05) is 12.7 Å². The van der Waals surface area contributed by atoms with Gasteiger partial charge in [-0.2, -0.15) is 5.10 Å². The summed E-state index contributed by atoms with van der Waals surface area (Å²) in [6.45, 7) is 4.33. The van der Waals surface area contributed by atoms with Gasteiger partial charge in [0.25, 0.3) is 0 Å². The Hall–Kier alpha value is -2.68. The molecule has 0 bridgehead atoms. The molecule has 0 saturated carbocycles. The van der Waals surface area contributed by atoms with Crippen molar-refractivity contribution in [2.45, 2.75) is 19.6 Å². The Morgan fingerprint density at radius 1 is 1.48 bits per heavy atom. The van der Waals surface area contributed by atoms with Gasteiger partial charge in [0.15, 0.2) is 0 Å². The van der Waals surface area contributed by atoms with Gasteiger partial charge in [-0.3, -0.25) is 9.67 Å². The highest BCUT2D eigenvalue weighted by Crippen LogP contribution is 2.16. The third kappa shape index (κ3) is 9.80. The maximum absolute atomic E-state index is 13.1. The predicted octanol–water partition coefficient (Wildman–Crippen LogP) is 1.55. The molecule has 1 unspecified atom stereocenters. The molecule has 3 N–H and O–H groups in total. The Morgan fingerprint density at radius 3 is 2.57 bits per heavy atom. The molecule has 9 heteroatoms. The van der Waals surface area contributed by atoms with E-state index in [1.165, 1.54) is 36.9 Å². The second-order valence-electron chi connectivity index (χ2n) is 4.09. The number of halogens is 2. The first-order chi connectivity index (χ1) is 10.9. The van der Waals surface area contributed by atoms with Gasteiger partial charge in [-0.05, 0) is 13.0 Å². The number of aromatic nitrogens is 3. The summed E-state index contributed by atoms with van der Waals surface area (Å²) < 4.78 is 26.9. The monoisotopic (exact) mass is 326 g/mol. The number of rotatable bonds is 6. The fourth-order valence-corrected chi connectivity index (χ4v) is 1.29. The Labute approximate surface area is 133 Å². The number of aliphatic hydroxyl groups excluding tert-OH is 1. The van der Waals surface area contributed by atoms with Gasteiger partial charge in [0.2, 0.25) is 0 Å². The first-order valence-corrected chi connectivity index (χ1v) is 6.45. The molecule has 0 aliphatic heterocycles. The Bertz CT molecular complexity index is 564. The van der Waals surface area contributed by atoms with Crippen molar-refractivity contribution >= 4 is 12.7 Å². The third-order valence-corrected chi connectivity index (χ3v) is 2.26. The van der Waals surface area contributed by atoms with Crippen LogP contribution in [0.15, 0.2) is 58.6 Å². The van der Waals surface area contributed by atoms with Crippen molar-refractivity contribution in [1.29, 1.82) is 0 Å². The average Bonchev–Trinajstić information content (AvgIpc) is 2.98. The molecule has 0 radical (unpaired) electrons. The second kappa shape index (κ2) is 11.9. The number of allylic oxidation sites excluding steroid dienone is 3. The highest BCUT2D eigenvalue weighted by atomic mass is 19.1. The largest absolute Gasteiger partial charge is 0.390 e. The van der Waals surface area contributed by atoms with Crippen molar-refractivity contribution < 1.29 is 13.9 Å². The van der Waals surface area contributed by atoms with E-state index >= 15 is 0 Å². The summed E-state index contributed by atoms with van der Waals surface area (Å²) in [6, 6.07) is 0. The van der Waals surface area contributed by atoms with Crippen LogP contribution in [0.1, 0.15) is 6.92 Å². The lowest BCUT2D eigenvalue weighted by atomic mass is 10.1. The standard InChI is InChI=1S/C11H13F2N3O.C3H7N3/c1-8(12)3-4-10(9(2)13)11(17)5-16-7-14-6-15-16;1-5-3-6-2-4/h3-4,6-7,11,17H,2,5H2,1H3;2-3H,1H3,(H2,4,5,6)/b8-3+,10-4+;. The van der Waals surface area contributed by atoms with Crippen LogP contribution < -0.4 is 5.73 Å².